The number of carbonyl (C=O) groups excluding carboxylic acids is 1. The van der Waals surface area contributed by atoms with E-state index in [1.807, 2.05) is 73.7 Å². The van der Waals surface area contributed by atoms with Crippen molar-refractivity contribution in [2.75, 3.05) is 11.1 Å². The Labute approximate surface area is 156 Å². The van der Waals surface area contributed by atoms with E-state index in [1.165, 1.54) is 0 Å². The molecule has 3 aromatic carbocycles. The number of amides is 1. The van der Waals surface area contributed by atoms with Crippen molar-refractivity contribution < 1.29 is 4.79 Å². The van der Waals surface area contributed by atoms with E-state index in [0.29, 0.717) is 5.56 Å². The Morgan fingerprint density at radius 1 is 1.00 bits per heavy atom. The van der Waals surface area contributed by atoms with E-state index in [-0.39, 0.29) is 11.9 Å². The number of para-hydroxylation sites is 1. The van der Waals surface area contributed by atoms with Crippen LogP contribution in [0.15, 0.2) is 72.9 Å². The Balaban J connectivity index is 1.70. The van der Waals surface area contributed by atoms with E-state index in [2.05, 4.69) is 15.3 Å². The third-order valence-corrected chi connectivity index (χ3v) is 4.44. The number of rotatable bonds is 3. The number of nitrogens with zero attached hydrogens (tertiary/aromatic N) is 2. The molecule has 132 valence electrons. The fourth-order valence-electron chi connectivity index (χ4n) is 3.01. The standard InChI is InChI=1S/C22H18N4O/c1-14-7-8-16(21(27)25-18-5-3-2-4-6-18)12-19(14)15-9-10-20-17(11-15)13-24-22(23)26-20/h2-13H,1H3,(H,25,27)(H2,23,24,26). The molecule has 0 unspecified atom stereocenters. The van der Waals surface area contributed by atoms with Gasteiger partial charge in [0.05, 0.1) is 5.52 Å². The molecule has 0 saturated carbocycles. The smallest absolute Gasteiger partial charge is 0.255 e. The monoisotopic (exact) mass is 354 g/mol. The average molecular weight is 354 g/mol. The van der Waals surface area contributed by atoms with Crippen LogP contribution in [0.4, 0.5) is 11.6 Å². The number of nitrogens with one attached hydrogen (secondary N) is 1. The topological polar surface area (TPSA) is 80.9 Å². The highest BCUT2D eigenvalue weighted by molar-refractivity contribution is 6.05. The predicted octanol–water partition coefficient (Wildman–Crippen LogP) is 4.44. The molecule has 0 atom stereocenters. The molecule has 0 aliphatic carbocycles. The normalized spacial score (nSPS) is 10.7. The second-order valence-electron chi connectivity index (χ2n) is 6.35. The van der Waals surface area contributed by atoms with Crippen LogP contribution in [0.25, 0.3) is 22.0 Å². The fourth-order valence-corrected chi connectivity index (χ4v) is 3.01. The maximum atomic E-state index is 12.6. The fraction of sp³-hybridized carbons (Fsp3) is 0.0455. The van der Waals surface area contributed by atoms with E-state index in [4.69, 9.17) is 5.73 Å². The van der Waals surface area contributed by atoms with Gasteiger partial charge in [-0.3, -0.25) is 4.79 Å². The number of carbonyl (C=O) groups is 1. The molecule has 4 aromatic rings. The van der Waals surface area contributed by atoms with Gasteiger partial charge in [-0.25, -0.2) is 9.97 Å². The van der Waals surface area contributed by atoms with Crippen molar-refractivity contribution in [1.29, 1.82) is 0 Å². The Hall–Kier alpha value is -3.73. The van der Waals surface area contributed by atoms with Gasteiger partial charge in [-0.15, -0.1) is 0 Å². The van der Waals surface area contributed by atoms with Gasteiger partial charge in [0.15, 0.2) is 0 Å². The molecule has 0 spiro atoms. The summed E-state index contributed by atoms with van der Waals surface area (Å²) in [5.41, 5.74) is 10.9. The summed E-state index contributed by atoms with van der Waals surface area (Å²) in [6.07, 6.45) is 1.71. The molecule has 0 fully saturated rings. The SMILES string of the molecule is Cc1ccc(C(=O)Nc2ccccc2)cc1-c1ccc2nc(N)ncc2c1. The molecule has 1 heterocycles. The lowest BCUT2D eigenvalue weighted by atomic mass is 9.97. The summed E-state index contributed by atoms with van der Waals surface area (Å²) in [5.74, 6) is 0.116. The summed E-state index contributed by atoms with van der Waals surface area (Å²) >= 11 is 0. The highest BCUT2D eigenvalue weighted by Gasteiger charge is 2.11. The first-order valence-corrected chi connectivity index (χ1v) is 8.60. The number of aromatic nitrogens is 2. The van der Waals surface area contributed by atoms with E-state index < -0.39 is 0 Å². The molecule has 27 heavy (non-hydrogen) atoms. The van der Waals surface area contributed by atoms with Gasteiger partial charge >= 0.3 is 0 Å². The summed E-state index contributed by atoms with van der Waals surface area (Å²) in [6, 6.07) is 21.0. The van der Waals surface area contributed by atoms with Gasteiger partial charge in [-0.1, -0.05) is 30.3 Å². The van der Waals surface area contributed by atoms with Gasteiger partial charge in [-0.05, 0) is 60.0 Å². The molecule has 4 rings (SSSR count). The van der Waals surface area contributed by atoms with Crippen LogP contribution in [0.2, 0.25) is 0 Å². The Morgan fingerprint density at radius 3 is 2.63 bits per heavy atom. The lowest BCUT2D eigenvalue weighted by molar-refractivity contribution is 0.102. The molecule has 3 N–H and O–H groups in total. The molecular weight excluding hydrogens is 336 g/mol. The van der Waals surface area contributed by atoms with E-state index in [0.717, 1.165) is 33.3 Å². The van der Waals surface area contributed by atoms with Crippen LogP contribution < -0.4 is 11.1 Å². The van der Waals surface area contributed by atoms with Crippen molar-refractivity contribution in [3.63, 3.8) is 0 Å². The highest BCUT2D eigenvalue weighted by atomic mass is 16.1. The third-order valence-electron chi connectivity index (χ3n) is 4.44. The van der Waals surface area contributed by atoms with E-state index in [9.17, 15) is 4.79 Å². The van der Waals surface area contributed by atoms with Gasteiger partial charge in [-0.2, -0.15) is 0 Å². The number of aryl methyl sites for hydroxylation is 1. The maximum absolute atomic E-state index is 12.6. The van der Waals surface area contributed by atoms with Crippen molar-refractivity contribution in [2.24, 2.45) is 0 Å². The molecular formula is C22H18N4O. The van der Waals surface area contributed by atoms with Crippen molar-refractivity contribution in [3.05, 3.63) is 84.1 Å². The number of nitrogens with two attached hydrogens (primary N) is 1. The molecule has 1 aromatic heterocycles. The summed E-state index contributed by atoms with van der Waals surface area (Å²) in [6.45, 7) is 2.03. The van der Waals surface area contributed by atoms with Crippen LogP contribution in [0.3, 0.4) is 0 Å². The van der Waals surface area contributed by atoms with Crippen LogP contribution in [-0.4, -0.2) is 15.9 Å². The second-order valence-corrected chi connectivity index (χ2v) is 6.35. The highest BCUT2D eigenvalue weighted by Crippen LogP contribution is 2.28. The maximum Gasteiger partial charge on any atom is 0.255 e. The Morgan fingerprint density at radius 2 is 1.81 bits per heavy atom. The molecule has 0 aliphatic rings. The molecule has 0 bridgehead atoms. The van der Waals surface area contributed by atoms with Crippen LogP contribution in [0.5, 0.6) is 0 Å². The molecule has 1 amide bonds. The Bertz CT molecular complexity index is 1140. The van der Waals surface area contributed by atoms with Crippen molar-refractivity contribution >= 4 is 28.4 Å². The minimum atomic E-state index is -0.139. The van der Waals surface area contributed by atoms with Gasteiger partial charge < -0.3 is 11.1 Å². The number of anilines is 2. The van der Waals surface area contributed by atoms with Crippen molar-refractivity contribution in [1.82, 2.24) is 9.97 Å². The molecule has 0 aliphatic heterocycles. The second kappa shape index (κ2) is 6.88. The van der Waals surface area contributed by atoms with Gasteiger partial charge in [0.25, 0.3) is 5.91 Å². The zero-order valence-electron chi connectivity index (χ0n) is 14.8. The largest absolute Gasteiger partial charge is 0.368 e. The zero-order valence-corrected chi connectivity index (χ0v) is 14.8. The molecule has 5 nitrogen and oxygen atoms in total. The van der Waals surface area contributed by atoms with Crippen LogP contribution in [0.1, 0.15) is 15.9 Å². The first-order chi connectivity index (χ1) is 13.1. The minimum absolute atomic E-state index is 0.139. The number of fused-ring (bicyclic) bond motifs is 1. The third kappa shape index (κ3) is 3.48. The summed E-state index contributed by atoms with van der Waals surface area (Å²) < 4.78 is 0. The summed E-state index contributed by atoms with van der Waals surface area (Å²) in [4.78, 5) is 20.9. The average Bonchev–Trinajstić information content (AvgIpc) is 2.68. The van der Waals surface area contributed by atoms with E-state index in [1.54, 1.807) is 6.20 Å². The van der Waals surface area contributed by atoms with Gasteiger partial charge in [0, 0.05) is 22.8 Å². The van der Waals surface area contributed by atoms with Crippen LogP contribution in [0, 0.1) is 6.92 Å². The number of hydrogen-bond donors (Lipinski definition) is 2. The summed E-state index contributed by atoms with van der Waals surface area (Å²) in [7, 11) is 0. The number of hydrogen-bond acceptors (Lipinski definition) is 4. The predicted molar refractivity (Wildman–Crippen MR) is 109 cm³/mol. The van der Waals surface area contributed by atoms with E-state index >= 15 is 0 Å². The lowest BCUT2D eigenvalue weighted by Gasteiger charge is -2.11. The van der Waals surface area contributed by atoms with Crippen molar-refractivity contribution in [2.45, 2.75) is 6.92 Å². The molecule has 0 radical (unpaired) electrons. The van der Waals surface area contributed by atoms with Gasteiger partial charge in [0.1, 0.15) is 0 Å². The number of benzene rings is 3. The number of nitrogen functional groups attached to an aromatic ring is 1. The minimum Gasteiger partial charge on any atom is -0.368 e. The quantitative estimate of drug-likeness (QED) is 0.570. The van der Waals surface area contributed by atoms with Gasteiger partial charge in [0.2, 0.25) is 5.95 Å². The summed E-state index contributed by atoms with van der Waals surface area (Å²) in [5, 5.41) is 3.82. The van der Waals surface area contributed by atoms with Crippen molar-refractivity contribution in [3.8, 4) is 11.1 Å². The Kier molecular flexibility index (Phi) is 4.26. The first kappa shape index (κ1) is 16.7. The zero-order chi connectivity index (χ0) is 18.8. The molecule has 5 heteroatoms. The van der Waals surface area contributed by atoms with Crippen LogP contribution >= 0.6 is 0 Å². The lowest BCUT2D eigenvalue weighted by Crippen LogP contribution is -2.12. The first-order valence-electron chi connectivity index (χ1n) is 8.60. The van der Waals surface area contributed by atoms with Crippen LogP contribution in [-0.2, 0) is 0 Å². The molecule has 0 saturated heterocycles.